The van der Waals surface area contributed by atoms with Crippen LogP contribution in [0.4, 0.5) is 10.1 Å². The average molecular weight is 431 g/mol. The second-order valence-electron chi connectivity index (χ2n) is 7.57. The Morgan fingerprint density at radius 3 is 2.81 bits per heavy atom. The molecule has 1 aliphatic heterocycles. The number of benzene rings is 2. The number of aromatic nitrogens is 3. The highest BCUT2D eigenvalue weighted by Gasteiger charge is 2.22. The molecule has 0 radical (unpaired) electrons. The van der Waals surface area contributed by atoms with Gasteiger partial charge < -0.3 is 15.4 Å². The summed E-state index contributed by atoms with van der Waals surface area (Å²) in [6.07, 6.45) is 2.14. The van der Waals surface area contributed by atoms with E-state index < -0.39 is 5.82 Å². The molecule has 0 aliphatic carbocycles. The topological polar surface area (TPSA) is 105 Å². The predicted molar refractivity (Wildman–Crippen MR) is 124 cm³/mol. The number of rotatable bonds is 4. The lowest BCUT2D eigenvalue weighted by Crippen LogP contribution is -2.36. The van der Waals surface area contributed by atoms with Crippen molar-refractivity contribution in [1.82, 2.24) is 14.5 Å². The van der Waals surface area contributed by atoms with Gasteiger partial charge in [0.2, 0.25) is 0 Å². The summed E-state index contributed by atoms with van der Waals surface area (Å²) >= 11 is 0. The maximum atomic E-state index is 15.2. The Kier molecular flexibility index (Phi) is 5.02. The molecule has 2 aromatic carbocycles. The van der Waals surface area contributed by atoms with Crippen molar-refractivity contribution in [1.29, 1.82) is 5.41 Å². The van der Waals surface area contributed by atoms with Crippen LogP contribution in [0.5, 0.6) is 0 Å². The molecule has 162 valence electrons. The number of anilines is 1. The van der Waals surface area contributed by atoms with Crippen LogP contribution in [0, 0.1) is 18.2 Å². The first-order chi connectivity index (χ1) is 15.6. The lowest BCUT2D eigenvalue weighted by atomic mass is 10.1. The number of aryl methyl sites for hydroxylation is 1. The highest BCUT2D eigenvalue weighted by atomic mass is 19.1. The number of nitrogens with zero attached hydrogens (tertiary/aromatic N) is 5. The number of ether oxygens (including phenoxy) is 1. The van der Waals surface area contributed by atoms with Crippen molar-refractivity contribution in [2.24, 2.45) is 10.7 Å². The molecule has 0 bridgehead atoms. The molecule has 0 amide bonds. The van der Waals surface area contributed by atoms with E-state index in [-0.39, 0.29) is 5.84 Å². The zero-order valence-corrected chi connectivity index (χ0v) is 17.5. The van der Waals surface area contributed by atoms with Gasteiger partial charge in [0, 0.05) is 29.7 Å². The second-order valence-corrected chi connectivity index (χ2v) is 7.57. The van der Waals surface area contributed by atoms with Crippen LogP contribution >= 0.6 is 0 Å². The fraction of sp³-hybridized carbons (Fsp3) is 0.217. The third-order valence-corrected chi connectivity index (χ3v) is 5.69. The first-order valence-electron chi connectivity index (χ1n) is 10.3. The highest BCUT2D eigenvalue weighted by Crippen LogP contribution is 2.33. The quantitative estimate of drug-likeness (QED) is 0.381. The highest BCUT2D eigenvalue weighted by molar-refractivity contribution is 6.11. The molecule has 0 saturated carbocycles. The third-order valence-electron chi connectivity index (χ3n) is 5.69. The second kappa shape index (κ2) is 8.01. The number of para-hydroxylation sites is 1. The largest absolute Gasteiger partial charge is 0.383 e. The minimum absolute atomic E-state index is 0.185. The molecule has 1 aliphatic rings. The van der Waals surface area contributed by atoms with Crippen LogP contribution in [-0.4, -0.2) is 53.0 Å². The molecule has 1 fully saturated rings. The molecule has 5 rings (SSSR count). The molecule has 2 aromatic heterocycles. The summed E-state index contributed by atoms with van der Waals surface area (Å²) < 4.78 is 22.5. The van der Waals surface area contributed by atoms with Crippen molar-refractivity contribution < 1.29 is 9.13 Å². The monoisotopic (exact) mass is 431 g/mol. The summed E-state index contributed by atoms with van der Waals surface area (Å²) in [7, 11) is 0. The lowest BCUT2D eigenvalue weighted by Gasteiger charge is -2.29. The number of pyridine rings is 1. The first-order valence-corrected chi connectivity index (χ1v) is 10.3. The van der Waals surface area contributed by atoms with E-state index in [0.29, 0.717) is 52.2 Å². The van der Waals surface area contributed by atoms with Gasteiger partial charge in [-0.1, -0.05) is 18.2 Å². The molecule has 0 spiro atoms. The molecule has 9 heteroatoms. The van der Waals surface area contributed by atoms with Gasteiger partial charge in [-0.15, -0.1) is 0 Å². The standard InChI is InChI=1S/C23H22FN7O/c1-14-29-21-17(23(26)28-13-25)10-15(30-6-8-32-9-7-30)11-20(21)31(14)22-16-4-2-3-5-19(16)27-12-18(22)24/h2-5,10-13H,6-9H2,1H3,(H3,25,26,28). The van der Waals surface area contributed by atoms with Gasteiger partial charge in [-0.2, -0.15) is 0 Å². The van der Waals surface area contributed by atoms with Crippen LogP contribution in [0.3, 0.4) is 0 Å². The Bertz CT molecular complexity index is 1370. The summed E-state index contributed by atoms with van der Waals surface area (Å²) in [6, 6.07) is 11.4. The van der Waals surface area contributed by atoms with Gasteiger partial charge in [0.25, 0.3) is 0 Å². The normalized spacial score (nSPS) is 14.9. The van der Waals surface area contributed by atoms with Crippen LogP contribution in [0.2, 0.25) is 0 Å². The zero-order chi connectivity index (χ0) is 22.2. The molecule has 0 atom stereocenters. The van der Waals surface area contributed by atoms with E-state index in [9.17, 15) is 0 Å². The summed E-state index contributed by atoms with van der Waals surface area (Å²) in [6.45, 7) is 4.54. The van der Waals surface area contributed by atoms with Crippen molar-refractivity contribution >= 4 is 39.8 Å². The first kappa shape index (κ1) is 20.1. The fourth-order valence-corrected chi connectivity index (χ4v) is 4.23. The van der Waals surface area contributed by atoms with Gasteiger partial charge >= 0.3 is 0 Å². The van der Waals surface area contributed by atoms with Crippen LogP contribution in [-0.2, 0) is 4.74 Å². The predicted octanol–water partition coefficient (Wildman–Crippen LogP) is 3.17. The molecule has 8 nitrogen and oxygen atoms in total. The van der Waals surface area contributed by atoms with Crippen LogP contribution in [0.25, 0.3) is 27.6 Å². The number of hydrogen-bond donors (Lipinski definition) is 2. The van der Waals surface area contributed by atoms with E-state index in [2.05, 4.69) is 14.9 Å². The Morgan fingerprint density at radius 2 is 2.03 bits per heavy atom. The van der Waals surface area contributed by atoms with Crippen molar-refractivity contribution in [3.8, 4) is 5.69 Å². The maximum Gasteiger partial charge on any atom is 0.166 e. The van der Waals surface area contributed by atoms with Gasteiger partial charge in [-0.05, 0) is 25.1 Å². The number of imidazole rings is 1. The number of morpholine rings is 1. The SMILES string of the molecule is Cc1nc2c(C(N)=NC=N)cc(N3CCOCC3)cc2n1-c1c(F)cnc2ccccc12. The molecule has 32 heavy (non-hydrogen) atoms. The van der Waals surface area contributed by atoms with Crippen molar-refractivity contribution in [3.05, 3.63) is 59.8 Å². The molecule has 3 heterocycles. The number of nitrogens with two attached hydrogens (primary N) is 1. The number of halogens is 1. The van der Waals surface area contributed by atoms with Crippen molar-refractivity contribution in [2.75, 3.05) is 31.2 Å². The zero-order valence-electron chi connectivity index (χ0n) is 17.5. The van der Waals surface area contributed by atoms with E-state index >= 15 is 4.39 Å². The molecular weight excluding hydrogens is 409 g/mol. The number of fused-ring (bicyclic) bond motifs is 2. The molecule has 0 unspecified atom stereocenters. The van der Waals surface area contributed by atoms with E-state index in [1.807, 2.05) is 43.3 Å². The van der Waals surface area contributed by atoms with Crippen LogP contribution < -0.4 is 10.6 Å². The molecule has 4 aromatic rings. The average Bonchev–Trinajstić information content (AvgIpc) is 3.14. The number of nitrogens with one attached hydrogen (secondary N) is 1. The van der Waals surface area contributed by atoms with Gasteiger partial charge in [0.15, 0.2) is 5.82 Å². The van der Waals surface area contributed by atoms with Gasteiger partial charge in [-0.3, -0.25) is 15.0 Å². The minimum Gasteiger partial charge on any atom is -0.383 e. The summed E-state index contributed by atoms with van der Waals surface area (Å²) in [5.74, 6) is 0.355. The Hall–Kier alpha value is -3.85. The van der Waals surface area contributed by atoms with E-state index in [4.69, 9.17) is 20.9 Å². The Balaban J connectivity index is 1.85. The Morgan fingerprint density at radius 1 is 1.25 bits per heavy atom. The number of amidine groups is 1. The van der Waals surface area contributed by atoms with Gasteiger partial charge in [0.05, 0.1) is 36.1 Å². The maximum absolute atomic E-state index is 15.2. The van der Waals surface area contributed by atoms with Gasteiger partial charge in [-0.25, -0.2) is 14.4 Å². The minimum atomic E-state index is -0.439. The molecular formula is C23H22FN7O. The van der Waals surface area contributed by atoms with E-state index in [0.717, 1.165) is 25.1 Å². The van der Waals surface area contributed by atoms with Gasteiger partial charge in [0.1, 0.15) is 23.5 Å². The smallest absolute Gasteiger partial charge is 0.166 e. The Labute approximate surface area is 183 Å². The number of aliphatic imine (C=N–C) groups is 1. The van der Waals surface area contributed by atoms with Crippen LogP contribution in [0.1, 0.15) is 11.4 Å². The molecule has 1 saturated heterocycles. The van der Waals surface area contributed by atoms with E-state index in [1.54, 1.807) is 4.57 Å². The van der Waals surface area contributed by atoms with Crippen molar-refractivity contribution in [2.45, 2.75) is 6.92 Å². The number of hydrogen-bond acceptors (Lipinski definition) is 5. The molecule has 3 N–H and O–H groups in total. The summed E-state index contributed by atoms with van der Waals surface area (Å²) in [5.41, 5.74) is 10.1. The summed E-state index contributed by atoms with van der Waals surface area (Å²) in [4.78, 5) is 15.1. The lowest BCUT2D eigenvalue weighted by molar-refractivity contribution is 0.122. The third kappa shape index (κ3) is 3.27. The summed E-state index contributed by atoms with van der Waals surface area (Å²) in [5, 5.41) is 8.03. The van der Waals surface area contributed by atoms with Crippen molar-refractivity contribution in [3.63, 3.8) is 0 Å². The fourth-order valence-electron chi connectivity index (χ4n) is 4.23. The van der Waals surface area contributed by atoms with Crippen LogP contribution in [0.15, 0.2) is 47.6 Å². The van der Waals surface area contributed by atoms with E-state index in [1.165, 1.54) is 6.20 Å².